The molecule has 0 bridgehead atoms. The predicted octanol–water partition coefficient (Wildman–Crippen LogP) is -0.512. The molecule has 0 aromatic carbocycles. The Morgan fingerprint density at radius 2 is 2.06 bits per heavy atom. The number of nitrogens with one attached hydrogen (secondary N) is 1. The summed E-state index contributed by atoms with van der Waals surface area (Å²) in [6, 6.07) is 0. The van der Waals surface area contributed by atoms with E-state index in [0.717, 1.165) is 38.4 Å². The maximum atomic E-state index is 10.3. The van der Waals surface area contributed by atoms with Crippen molar-refractivity contribution in [2.75, 3.05) is 46.3 Å². The van der Waals surface area contributed by atoms with E-state index < -0.39 is 5.97 Å². The lowest BCUT2D eigenvalue weighted by Crippen LogP contribution is -2.45. The second-order valence-electron chi connectivity index (χ2n) is 4.75. The second kappa shape index (κ2) is 7.94. The SMILES string of the molecule is CN1CCN(C/C(N)=C/NCCCC(=O)O)CC1. The maximum absolute atomic E-state index is 10.3. The van der Waals surface area contributed by atoms with Crippen molar-refractivity contribution in [2.24, 2.45) is 5.73 Å². The van der Waals surface area contributed by atoms with Crippen molar-refractivity contribution in [2.45, 2.75) is 12.8 Å². The Morgan fingerprint density at radius 1 is 1.39 bits per heavy atom. The minimum Gasteiger partial charge on any atom is -0.481 e. The Hall–Kier alpha value is -1.27. The predicted molar refractivity (Wildman–Crippen MR) is 71.1 cm³/mol. The zero-order valence-corrected chi connectivity index (χ0v) is 11.1. The van der Waals surface area contributed by atoms with E-state index in [0.29, 0.717) is 13.0 Å². The third kappa shape index (κ3) is 6.46. The standard InChI is InChI=1S/C12H24N4O2/c1-15-5-7-16(8-6-15)10-11(13)9-14-4-2-3-12(17)18/h9,14H,2-8,10,13H2,1H3,(H,17,18)/b11-9-. The number of carboxylic acids is 1. The molecule has 6 heteroatoms. The third-order valence-electron chi connectivity index (χ3n) is 3.00. The van der Waals surface area contributed by atoms with Gasteiger partial charge < -0.3 is 21.1 Å². The van der Waals surface area contributed by atoms with E-state index in [2.05, 4.69) is 22.2 Å². The number of aliphatic carboxylic acids is 1. The number of nitrogens with two attached hydrogens (primary N) is 1. The number of carbonyl (C=O) groups is 1. The topological polar surface area (TPSA) is 81.8 Å². The highest BCUT2D eigenvalue weighted by Gasteiger charge is 2.13. The van der Waals surface area contributed by atoms with Gasteiger partial charge in [-0.3, -0.25) is 9.69 Å². The average molecular weight is 256 g/mol. The molecule has 104 valence electrons. The average Bonchev–Trinajstić information content (AvgIpc) is 2.31. The van der Waals surface area contributed by atoms with E-state index >= 15 is 0 Å². The molecule has 1 heterocycles. The summed E-state index contributed by atoms with van der Waals surface area (Å²) in [4.78, 5) is 14.9. The van der Waals surface area contributed by atoms with Gasteiger partial charge in [-0.05, 0) is 13.5 Å². The molecule has 0 aliphatic carbocycles. The summed E-state index contributed by atoms with van der Waals surface area (Å²) >= 11 is 0. The van der Waals surface area contributed by atoms with Gasteiger partial charge in [-0.25, -0.2) is 0 Å². The van der Waals surface area contributed by atoms with Crippen LogP contribution < -0.4 is 11.1 Å². The van der Waals surface area contributed by atoms with Crippen LogP contribution in [-0.4, -0.2) is 67.2 Å². The van der Waals surface area contributed by atoms with Crippen molar-refractivity contribution in [1.29, 1.82) is 0 Å². The summed E-state index contributed by atoms with van der Waals surface area (Å²) in [7, 11) is 2.13. The molecule has 0 radical (unpaired) electrons. The molecule has 0 atom stereocenters. The largest absolute Gasteiger partial charge is 0.481 e. The van der Waals surface area contributed by atoms with Crippen LogP contribution in [0.1, 0.15) is 12.8 Å². The monoisotopic (exact) mass is 256 g/mol. The molecule has 0 amide bonds. The number of piperazine rings is 1. The Balaban J connectivity index is 2.11. The first-order valence-electron chi connectivity index (χ1n) is 6.38. The van der Waals surface area contributed by atoms with Crippen molar-refractivity contribution in [1.82, 2.24) is 15.1 Å². The van der Waals surface area contributed by atoms with Crippen molar-refractivity contribution in [3.63, 3.8) is 0 Å². The molecule has 0 aromatic rings. The number of carboxylic acid groups (broad SMARTS) is 1. The fourth-order valence-electron chi connectivity index (χ4n) is 1.85. The summed E-state index contributed by atoms with van der Waals surface area (Å²) in [6.07, 6.45) is 2.60. The van der Waals surface area contributed by atoms with E-state index in [-0.39, 0.29) is 6.42 Å². The van der Waals surface area contributed by atoms with Crippen LogP contribution in [0.3, 0.4) is 0 Å². The molecule has 1 saturated heterocycles. The van der Waals surface area contributed by atoms with Crippen molar-refractivity contribution in [3.8, 4) is 0 Å². The summed E-state index contributed by atoms with van der Waals surface area (Å²) in [6.45, 7) is 5.68. The number of nitrogens with zero attached hydrogens (tertiary/aromatic N) is 2. The number of rotatable bonds is 7. The van der Waals surface area contributed by atoms with Crippen LogP contribution in [-0.2, 0) is 4.79 Å². The van der Waals surface area contributed by atoms with Crippen LogP contribution >= 0.6 is 0 Å². The summed E-state index contributed by atoms with van der Waals surface area (Å²) in [5.74, 6) is -0.758. The van der Waals surface area contributed by atoms with E-state index in [9.17, 15) is 4.79 Å². The van der Waals surface area contributed by atoms with Gasteiger partial charge in [0.15, 0.2) is 0 Å². The molecule has 1 aliphatic rings. The van der Waals surface area contributed by atoms with Gasteiger partial charge in [-0.2, -0.15) is 0 Å². The molecule has 0 aromatic heterocycles. The highest BCUT2D eigenvalue weighted by Crippen LogP contribution is 2.00. The summed E-state index contributed by atoms with van der Waals surface area (Å²) in [5.41, 5.74) is 6.71. The van der Waals surface area contributed by atoms with Crippen LogP contribution in [0.4, 0.5) is 0 Å². The number of hydrogen-bond donors (Lipinski definition) is 3. The third-order valence-corrected chi connectivity index (χ3v) is 3.00. The van der Waals surface area contributed by atoms with Gasteiger partial charge in [-0.15, -0.1) is 0 Å². The fourth-order valence-corrected chi connectivity index (χ4v) is 1.85. The molecule has 6 nitrogen and oxygen atoms in total. The molecule has 1 rings (SSSR count). The first-order chi connectivity index (χ1) is 8.58. The van der Waals surface area contributed by atoms with Gasteiger partial charge in [-0.1, -0.05) is 0 Å². The van der Waals surface area contributed by atoms with Crippen molar-refractivity contribution >= 4 is 5.97 Å². The lowest BCUT2D eigenvalue weighted by atomic mass is 10.3. The second-order valence-corrected chi connectivity index (χ2v) is 4.75. The van der Waals surface area contributed by atoms with Crippen LogP contribution in [0.15, 0.2) is 11.9 Å². The van der Waals surface area contributed by atoms with Crippen LogP contribution in [0.2, 0.25) is 0 Å². The van der Waals surface area contributed by atoms with Crippen LogP contribution in [0.5, 0.6) is 0 Å². The molecule has 0 saturated carbocycles. The van der Waals surface area contributed by atoms with Gasteiger partial charge in [0.2, 0.25) is 0 Å². The smallest absolute Gasteiger partial charge is 0.303 e. The number of likely N-dealkylation sites (N-methyl/N-ethyl adjacent to an activating group) is 1. The lowest BCUT2D eigenvalue weighted by molar-refractivity contribution is -0.137. The Bertz CT molecular complexity index is 286. The van der Waals surface area contributed by atoms with E-state index in [1.807, 2.05) is 0 Å². The first kappa shape index (κ1) is 14.8. The van der Waals surface area contributed by atoms with Gasteiger partial charge >= 0.3 is 5.97 Å². The normalized spacial score (nSPS) is 18.8. The highest BCUT2D eigenvalue weighted by atomic mass is 16.4. The first-order valence-corrected chi connectivity index (χ1v) is 6.38. The van der Waals surface area contributed by atoms with Crippen LogP contribution in [0.25, 0.3) is 0 Å². The summed E-state index contributed by atoms with van der Waals surface area (Å²) in [5, 5.41) is 11.5. The molecular formula is C12H24N4O2. The van der Waals surface area contributed by atoms with E-state index in [1.54, 1.807) is 6.20 Å². The Morgan fingerprint density at radius 3 is 2.67 bits per heavy atom. The molecule has 1 fully saturated rings. The minimum absolute atomic E-state index is 0.194. The van der Waals surface area contributed by atoms with Crippen molar-refractivity contribution in [3.05, 3.63) is 11.9 Å². The van der Waals surface area contributed by atoms with Gasteiger partial charge in [0.1, 0.15) is 0 Å². The zero-order valence-electron chi connectivity index (χ0n) is 11.1. The number of hydrogen-bond acceptors (Lipinski definition) is 5. The molecule has 0 spiro atoms. The lowest BCUT2D eigenvalue weighted by Gasteiger charge is -2.32. The Labute approximate surface area is 108 Å². The quantitative estimate of drug-likeness (QED) is 0.532. The maximum Gasteiger partial charge on any atom is 0.303 e. The van der Waals surface area contributed by atoms with E-state index in [1.165, 1.54) is 0 Å². The van der Waals surface area contributed by atoms with Gasteiger partial charge in [0, 0.05) is 57.6 Å². The Kier molecular flexibility index (Phi) is 6.53. The molecule has 18 heavy (non-hydrogen) atoms. The van der Waals surface area contributed by atoms with Crippen LogP contribution in [0, 0.1) is 0 Å². The molecule has 4 N–H and O–H groups in total. The van der Waals surface area contributed by atoms with E-state index in [4.69, 9.17) is 10.8 Å². The molecule has 0 unspecified atom stereocenters. The molecular weight excluding hydrogens is 232 g/mol. The minimum atomic E-state index is -0.758. The molecule has 1 aliphatic heterocycles. The van der Waals surface area contributed by atoms with Gasteiger partial charge in [0.05, 0.1) is 0 Å². The fraction of sp³-hybridized carbons (Fsp3) is 0.750. The summed E-state index contributed by atoms with van der Waals surface area (Å²) < 4.78 is 0. The van der Waals surface area contributed by atoms with Crippen molar-refractivity contribution < 1.29 is 9.90 Å². The zero-order chi connectivity index (χ0) is 13.4. The highest BCUT2D eigenvalue weighted by molar-refractivity contribution is 5.66. The van der Waals surface area contributed by atoms with Gasteiger partial charge in [0.25, 0.3) is 0 Å².